The van der Waals surface area contributed by atoms with E-state index in [-0.39, 0.29) is 12.1 Å². The summed E-state index contributed by atoms with van der Waals surface area (Å²) in [4.78, 5) is 5.44. The molecule has 560 valence electrons. The lowest BCUT2D eigenvalue weighted by Crippen LogP contribution is -2.44. The maximum Gasteiger partial charge on any atom is 0.0638 e. The highest BCUT2D eigenvalue weighted by molar-refractivity contribution is 6.18. The zero-order valence-corrected chi connectivity index (χ0v) is 66.0. The van der Waals surface area contributed by atoms with Crippen LogP contribution in [0.3, 0.4) is 0 Å². The van der Waals surface area contributed by atoms with Crippen LogP contribution in [0.2, 0.25) is 0 Å². The van der Waals surface area contributed by atoms with E-state index in [0.29, 0.717) is 12.8 Å². The lowest BCUT2D eigenvalue weighted by Gasteiger charge is -2.49. The molecule has 1 saturated carbocycles. The van der Waals surface area contributed by atoms with Crippen molar-refractivity contribution in [3.8, 4) is 111 Å². The standard InChI is InChI=1S/C116H86N2/c1-2-94(115-109(88-59-27-9-28-60-88)105(84-51-19-5-20-52-84)103(82-47-15-3-16-48-82)106(85-53-21-6-22-54-85)110(115)89-61-29-10-30-62-89)113-98(79-102(113)118(93-71-37-14-38-72-93)100-76-44-68-81-46-40-42-74-96(81)100)114(97-77-78-101(97)117(92-69-35-13-36-70-92)99-75-43-67-80-45-39-41-73-95(80)99)116-111(90-63-31-11-32-64-90)107(86-55-23-7-24-56-86)104(83-49-17-4-18-50-83)108(87-57-25-8-26-58-87)112(116)91-65-33-12-34-66-91/h3-77,101-102H,2,78-79H2,1H3/b113-94-,114-98+/t101-,102?/m1/s1. The average Bonchev–Trinajstić information content (AvgIpc) is 0.691. The summed E-state index contributed by atoms with van der Waals surface area (Å²) in [7, 11) is 0. The number of hydrogen-bond donors (Lipinski definition) is 0. The molecule has 1 fully saturated rings. The molecule has 2 nitrogen and oxygen atoms in total. The Hall–Kier alpha value is -14.7. The molecule has 18 aromatic carbocycles. The summed E-state index contributed by atoms with van der Waals surface area (Å²) in [5.74, 6) is 0. The predicted molar refractivity (Wildman–Crippen MR) is 501 cm³/mol. The van der Waals surface area contributed by atoms with Crippen molar-refractivity contribution < 1.29 is 0 Å². The molecule has 0 amide bonds. The molecule has 2 atom stereocenters. The van der Waals surface area contributed by atoms with Crippen molar-refractivity contribution in [1.29, 1.82) is 0 Å². The normalized spacial score (nSPS) is 14.5. The molecule has 0 spiro atoms. The fourth-order valence-corrected chi connectivity index (χ4v) is 19.1. The van der Waals surface area contributed by atoms with Crippen LogP contribution in [0.15, 0.2) is 472 Å². The Balaban J connectivity index is 1.07. The average molecular weight is 1510 g/mol. The number of fused-ring (bicyclic) bond motifs is 2. The molecule has 2 heteroatoms. The molecule has 2 aliphatic carbocycles. The SMILES string of the molecule is CC/C(=C1\C(=C(/C2=CC[C@H]2N(c2ccccc2)c2cccc3ccccc23)c2c(-c3ccccc3)c(-c3ccccc3)c(-c3ccccc3)c(-c3ccccc3)c2-c2ccccc2)CC1N(c1ccccc1)c1cccc2ccccc12)c1c(-c2ccccc2)c(-c2ccccc2)c(-c2ccccc2)c(-c2ccccc2)c1-c1ccccc1. The van der Waals surface area contributed by atoms with Crippen molar-refractivity contribution in [2.75, 3.05) is 9.80 Å². The zero-order valence-electron chi connectivity index (χ0n) is 66.0. The summed E-state index contributed by atoms with van der Waals surface area (Å²) in [5, 5.41) is 4.77. The van der Waals surface area contributed by atoms with Gasteiger partial charge in [0.2, 0.25) is 0 Å². The van der Waals surface area contributed by atoms with Gasteiger partial charge in [0.1, 0.15) is 0 Å². The molecule has 2 aliphatic rings. The topological polar surface area (TPSA) is 6.48 Å². The fourth-order valence-electron chi connectivity index (χ4n) is 19.1. The van der Waals surface area contributed by atoms with Gasteiger partial charge in [0.25, 0.3) is 0 Å². The maximum absolute atomic E-state index is 2.74. The second-order valence-corrected chi connectivity index (χ2v) is 30.8. The van der Waals surface area contributed by atoms with E-state index in [1.807, 2.05) is 0 Å². The van der Waals surface area contributed by atoms with Crippen molar-refractivity contribution >= 4 is 55.4 Å². The molecule has 20 rings (SSSR count). The Morgan fingerprint density at radius 2 is 0.492 bits per heavy atom. The molecule has 0 aromatic heterocycles. The molecule has 18 aromatic rings. The Morgan fingerprint density at radius 1 is 0.246 bits per heavy atom. The first-order valence-electron chi connectivity index (χ1n) is 41.5. The molecule has 0 radical (unpaired) electrons. The molecule has 0 bridgehead atoms. The van der Waals surface area contributed by atoms with E-state index in [1.54, 1.807) is 0 Å². The number of anilines is 4. The highest BCUT2D eigenvalue weighted by atomic mass is 15.2. The van der Waals surface area contributed by atoms with Gasteiger partial charge in [-0.2, -0.15) is 0 Å². The van der Waals surface area contributed by atoms with Crippen molar-refractivity contribution in [1.82, 2.24) is 0 Å². The number of nitrogens with zero attached hydrogens (tertiary/aromatic N) is 2. The predicted octanol–water partition coefficient (Wildman–Crippen LogP) is 31.4. The van der Waals surface area contributed by atoms with E-state index in [4.69, 9.17) is 0 Å². The van der Waals surface area contributed by atoms with Crippen LogP contribution >= 0.6 is 0 Å². The van der Waals surface area contributed by atoms with E-state index in [2.05, 4.69) is 472 Å². The minimum Gasteiger partial charge on any atom is -0.333 e. The molecular weight excluding hydrogens is 1420 g/mol. The third-order valence-corrected chi connectivity index (χ3v) is 24.2. The van der Waals surface area contributed by atoms with Crippen LogP contribution in [0.5, 0.6) is 0 Å². The molecular formula is C116H86N2. The van der Waals surface area contributed by atoms with Crippen LogP contribution in [-0.4, -0.2) is 12.1 Å². The van der Waals surface area contributed by atoms with Crippen molar-refractivity contribution in [2.45, 2.75) is 38.3 Å². The molecule has 1 unspecified atom stereocenters. The summed E-state index contributed by atoms with van der Waals surface area (Å²) >= 11 is 0. The van der Waals surface area contributed by atoms with Gasteiger partial charge >= 0.3 is 0 Å². The monoisotopic (exact) mass is 1510 g/mol. The number of hydrogen-bond acceptors (Lipinski definition) is 2. The van der Waals surface area contributed by atoms with Crippen LogP contribution in [0.1, 0.15) is 37.3 Å². The van der Waals surface area contributed by atoms with Crippen LogP contribution < -0.4 is 9.80 Å². The molecule has 118 heavy (non-hydrogen) atoms. The third-order valence-electron chi connectivity index (χ3n) is 24.2. The van der Waals surface area contributed by atoms with Crippen molar-refractivity contribution in [3.05, 3.63) is 483 Å². The first-order chi connectivity index (χ1) is 58.6. The smallest absolute Gasteiger partial charge is 0.0638 e. The lowest BCUT2D eigenvalue weighted by molar-refractivity contribution is 0.650. The Labute approximate surface area is 692 Å². The van der Waals surface area contributed by atoms with E-state index in [1.165, 1.54) is 116 Å². The third kappa shape index (κ3) is 13.2. The summed E-state index contributed by atoms with van der Waals surface area (Å²) in [6.07, 6.45) is 4.71. The van der Waals surface area contributed by atoms with Gasteiger partial charge in [-0.15, -0.1) is 0 Å². The Bertz CT molecular complexity index is 6530. The van der Waals surface area contributed by atoms with Gasteiger partial charge in [-0.3, -0.25) is 0 Å². The van der Waals surface area contributed by atoms with Gasteiger partial charge in [0.05, 0.1) is 12.1 Å². The number of rotatable bonds is 20. The highest BCUT2D eigenvalue weighted by Crippen LogP contribution is 2.64. The largest absolute Gasteiger partial charge is 0.333 e. The minimum atomic E-state index is -0.275. The van der Waals surface area contributed by atoms with Crippen LogP contribution in [0.4, 0.5) is 22.7 Å². The Morgan fingerprint density at radius 3 is 0.780 bits per heavy atom. The van der Waals surface area contributed by atoms with Gasteiger partial charge in [0, 0.05) is 33.5 Å². The van der Waals surface area contributed by atoms with Crippen molar-refractivity contribution in [2.24, 2.45) is 0 Å². The van der Waals surface area contributed by atoms with Gasteiger partial charge in [-0.25, -0.2) is 0 Å². The number of allylic oxidation sites excluding steroid dienone is 1. The van der Waals surface area contributed by atoms with Crippen LogP contribution in [0.25, 0.3) is 144 Å². The van der Waals surface area contributed by atoms with E-state index in [0.717, 1.165) is 84.8 Å². The molecule has 0 aliphatic heterocycles. The second kappa shape index (κ2) is 32.3. The van der Waals surface area contributed by atoms with Gasteiger partial charge < -0.3 is 9.80 Å². The molecule has 0 heterocycles. The van der Waals surface area contributed by atoms with E-state index >= 15 is 0 Å². The first-order valence-corrected chi connectivity index (χ1v) is 41.5. The van der Waals surface area contributed by atoms with Gasteiger partial charge in [0.15, 0.2) is 0 Å². The number of benzene rings is 18. The number of para-hydroxylation sites is 2. The van der Waals surface area contributed by atoms with Gasteiger partial charge in [-0.1, -0.05) is 426 Å². The quantitative estimate of drug-likeness (QED) is 0.0750. The van der Waals surface area contributed by atoms with Crippen LogP contribution in [0, 0.1) is 0 Å². The minimum absolute atomic E-state index is 0.190. The van der Waals surface area contributed by atoms with Crippen molar-refractivity contribution in [3.63, 3.8) is 0 Å². The maximum atomic E-state index is 2.74. The first kappa shape index (κ1) is 72.3. The highest BCUT2D eigenvalue weighted by Gasteiger charge is 2.47. The summed E-state index contributed by atoms with van der Waals surface area (Å²) in [5.41, 5.74) is 36.4. The van der Waals surface area contributed by atoms with Crippen LogP contribution in [-0.2, 0) is 0 Å². The Kier molecular flexibility index (Phi) is 19.8. The molecule has 0 saturated heterocycles. The lowest BCUT2D eigenvalue weighted by atomic mass is 9.63. The summed E-state index contributed by atoms with van der Waals surface area (Å²) < 4.78 is 0. The fraction of sp³-hybridized carbons (Fsp3) is 0.0517. The second-order valence-electron chi connectivity index (χ2n) is 30.8. The van der Waals surface area contributed by atoms with E-state index < -0.39 is 0 Å². The molecule has 0 N–H and O–H groups in total. The van der Waals surface area contributed by atoms with E-state index in [9.17, 15) is 0 Å². The summed E-state index contributed by atoms with van der Waals surface area (Å²) in [6.45, 7) is 2.46. The van der Waals surface area contributed by atoms with Gasteiger partial charge in [-0.05, 0) is 217 Å². The zero-order chi connectivity index (χ0) is 78.7. The summed E-state index contributed by atoms with van der Waals surface area (Å²) in [6, 6.07) is 168.